The Balaban J connectivity index is 1.99. The number of aliphatic hydroxyl groups is 1. The van der Waals surface area contributed by atoms with Gasteiger partial charge in [-0.25, -0.2) is 0 Å². The van der Waals surface area contributed by atoms with Gasteiger partial charge in [-0.15, -0.1) is 0 Å². The smallest absolute Gasteiger partial charge is 0.108 e. The fraction of sp³-hybridized carbons (Fsp3) is 0.615. The molecule has 2 fully saturated rings. The van der Waals surface area contributed by atoms with Crippen molar-refractivity contribution >= 4 is 0 Å². The molecule has 2 aliphatic rings. The Hall–Kier alpha value is -0.930. The molecule has 1 aromatic heterocycles. The zero-order chi connectivity index (χ0) is 11.2. The van der Waals surface area contributed by atoms with Crippen molar-refractivity contribution in [3.8, 4) is 0 Å². The highest BCUT2D eigenvalue weighted by Crippen LogP contribution is 2.42. The van der Waals surface area contributed by atoms with E-state index in [9.17, 15) is 5.11 Å². The van der Waals surface area contributed by atoms with Crippen molar-refractivity contribution in [1.29, 1.82) is 0 Å². The van der Waals surface area contributed by atoms with Crippen molar-refractivity contribution in [2.45, 2.75) is 37.8 Å². The Morgan fingerprint density at radius 1 is 1.44 bits per heavy atom. The van der Waals surface area contributed by atoms with Crippen LogP contribution in [-0.4, -0.2) is 34.1 Å². The molecule has 0 aromatic carbocycles. The van der Waals surface area contributed by atoms with Crippen LogP contribution in [0.5, 0.6) is 0 Å². The zero-order valence-electron chi connectivity index (χ0n) is 9.69. The average molecular weight is 218 g/mol. The Morgan fingerprint density at radius 3 is 3.12 bits per heavy atom. The maximum atomic E-state index is 10.9. The lowest BCUT2D eigenvalue weighted by atomic mass is 9.86. The van der Waals surface area contributed by atoms with Gasteiger partial charge in [0.25, 0.3) is 0 Å². The maximum Gasteiger partial charge on any atom is 0.108 e. The Morgan fingerprint density at radius 2 is 2.31 bits per heavy atom. The first-order valence-corrected chi connectivity index (χ1v) is 6.09. The number of aromatic nitrogens is 1. The number of hydrogen-bond donors (Lipinski definition) is 1. The minimum atomic E-state index is -0.657. The molecule has 16 heavy (non-hydrogen) atoms. The molecule has 2 unspecified atom stereocenters. The van der Waals surface area contributed by atoms with Crippen molar-refractivity contribution in [2.75, 3.05) is 13.1 Å². The van der Waals surface area contributed by atoms with Crippen LogP contribution in [-0.2, 0) is 5.60 Å². The highest BCUT2D eigenvalue weighted by Gasteiger charge is 2.49. The SMILES string of the molecule is Cc1cncc(C2(O)CCN3CCCC32)c1. The summed E-state index contributed by atoms with van der Waals surface area (Å²) in [5, 5.41) is 10.9. The van der Waals surface area contributed by atoms with Crippen molar-refractivity contribution < 1.29 is 5.11 Å². The standard InChI is InChI=1S/C13H18N2O/c1-10-7-11(9-14-8-10)13(16)4-6-15-5-2-3-12(13)15/h7-9,12,16H,2-6H2,1H3. The van der Waals surface area contributed by atoms with Crippen LogP contribution in [0.25, 0.3) is 0 Å². The summed E-state index contributed by atoms with van der Waals surface area (Å²) in [5.41, 5.74) is 1.47. The van der Waals surface area contributed by atoms with Crippen molar-refractivity contribution in [2.24, 2.45) is 0 Å². The topological polar surface area (TPSA) is 36.4 Å². The average Bonchev–Trinajstić information content (AvgIpc) is 2.84. The van der Waals surface area contributed by atoms with E-state index in [4.69, 9.17) is 0 Å². The van der Waals surface area contributed by atoms with Crippen LogP contribution in [0.1, 0.15) is 30.4 Å². The lowest BCUT2D eigenvalue weighted by molar-refractivity contribution is 0.00903. The molecule has 0 spiro atoms. The third kappa shape index (κ3) is 1.39. The van der Waals surface area contributed by atoms with E-state index in [0.29, 0.717) is 6.04 Å². The minimum Gasteiger partial charge on any atom is -0.383 e. The van der Waals surface area contributed by atoms with E-state index in [1.165, 1.54) is 6.42 Å². The van der Waals surface area contributed by atoms with Crippen LogP contribution in [0.3, 0.4) is 0 Å². The molecule has 0 bridgehead atoms. The number of nitrogens with zero attached hydrogens (tertiary/aromatic N) is 2. The summed E-state index contributed by atoms with van der Waals surface area (Å²) < 4.78 is 0. The lowest BCUT2D eigenvalue weighted by Gasteiger charge is -2.30. The molecule has 3 heteroatoms. The predicted molar refractivity (Wildman–Crippen MR) is 62.1 cm³/mol. The minimum absolute atomic E-state index is 0.316. The Bertz CT molecular complexity index is 407. The van der Waals surface area contributed by atoms with Gasteiger partial charge in [0.2, 0.25) is 0 Å². The van der Waals surface area contributed by atoms with Gasteiger partial charge in [-0.2, -0.15) is 0 Å². The second-order valence-corrected chi connectivity index (χ2v) is 5.12. The summed E-state index contributed by atoms with van der Waals surface area (Å²) >= 11 is 0. The van der Waals surface area contributed by atoms with Gasteiger partial charge in [0.05, 0.1) is 0 Å². The molecule has 1 N–H and O–H groups in total. The zero-order valence-corrected chi connectivity index (χ0v) is 9.69. The first kappa shape index (κ1) is 10.2. The molecule has 86 valence electrons. The van der Waals surface area contributed by atoms with E-state index in [1.807, 2.05) is 19.3 Å². The molecule has 2 aliphatic heterocycles. The molecule has 0 saturated carbocycles. The number of pyridine rings is 1. The van der Waals surface area contributed by atoms with Gasteiger partial charge < -0.3 is 5.11 Å². The molecular weight excluding hydrogens is 200 g/mol. The molecule has 0 aliphatic carbocycles. The van der Waals surface area contributed by atoms with Crippen molar-refractivity contribution in [3.63, 3.8) is 0 Å². The summed E-state index contributed by atoms with van der Waals surface area (Å²) in [5.74, 6) is 0. The van der Waals surface area contributed by atoms with Gasteiger partial charge in [-0.1, -0.05) is 6.07 Å². The number of rotatable bonds is 1. The second-order valence-electron chi connectivity index (χ2n) is 5.12. The maximum absolute atomic E-state index is 10.9. The number of hydrogen-bond acceptors (Lipinski definition) is 3. The molecular formula is C13H18N2O. The normalized spacial score (nSPS) is 34.2. The van der Waals surface area contributed by atoms with Crippen LogP contribution in [0.4, 0.5) is 0 Å². The lowest BCUT2D eigenvalue weighted by Crippen LogP contribution is -2.38. The molecule has 0 amide bonds. The van der Waals surface area contributed by atoms with Crippen molar-refractivity contribution in [1.82, 2.24) is 9.88 Å². The van der Waals surface area contributed by atoms with E-state index >= 15 is 0 Å². The van der Waals surface area contributed by atoms with Gasteiger partial charge in [0.1, 0.15) is 5.60 Å². The van der Waals surface area contributed by atoms with Crippen LogP contribution in [0.15, 0.2) is 18.5 Å². The van der Waals surface area contributed by atoms with Gasteiger partial charge in [0.15, 0.2) is 0 Å². The third-order valence-corrected chi connectivity index (χ3v) is 4.07. The molecule has 3 nitrogen and oxygen atoms in total. The highest BCUT2D eigenvalue weighted by atomic mass is 16.3. The highest BCUT2D eigenvalue weighted by molar-refractivity contribution is 5.27. The fourth-order valence-electron chi connectivity index (χ4n) is 3.24. The summed E-state index contributed by atoms with van der Waals surface area (Å²) in [6, 6.07) is 2.39. The number of aryl methyl sites for hydroxylation is 1. The monoisotopic (exact) mass is 218 g/mol. The molecule has 2 saturated heterocycles. The van der Waals surface area contributed by atoms with Gasteiger partial charge in [-0.05, 0) is 38.3 Å². The Kier molecular flexibility index (Phi) is 2.26. The molecule has 2 atom stereocenters. The van der Waals surface area contributed by atoms with Gasteiger partial charge in [-0.3, -0.25) is 9.88 Å². The van der Waals surface area contributed by atoms with Gasteiger partial charge in [0, 0.05) is 30.5 Å². The van der Waals surface area contributed by atoms with Gasteiger partial charge >= 0.3 is 0 Å². The van der Waals surface area contributed by atoms with Crippen LogP contribution < -0.4 is 0 Å². The molecule has 3 rings (SSSR count). The van der Waals surface area contributed by atoms with E-state index in [0.717, 1.165) is 37.1 Å². The summed E-state index contributed by atoms with van der Waals surface area (Å²) in [6.07, 6.45) is 6.85. The summed E-state index contributed by atoms with van der Waals surface area (Å²) in [6.45, 7) is 4.20. The van der Waals surface area contributed by atoms with E-state index in [-0.39, 0.29) is 0 Å². The quantitative estimate of drug-likeness (QED) is 0.775. The molecule has 0 radical (unpaired) electrons. The summed E-state index contributed by atoms with van der Waals surface area (Å²) in [4.78, 5) is 6.63. The first-order chi connectivity index (χ1) is 7.70. The van der Waals surface area contributed by atoms with Crippen LogP contribution in [0.2, 0.25) is 0 Å². The van der Waals surface area contributed by atoms with E-state index in [2.05, 4.69) is 16.0 Å². The number of fused-ring (bicyclic) bond motifs is 1. The van der Waals surface area contributed by atoms with Crippen LogP contribution in [0, 0.1) is 6.92 Å². The first-order valence-electron chi connectivity index (χ1n) is 6.09. The van der Waals surface area contributed by atoms with Crippen molar-refractivity contribution in [3.05, 3.63) is 29.6 Å². The fourth-order valence-corrected chi connectivity index (χ4v) is 3.24. The summed E-state index contributed by atoms with van der Waals surface area (Å²) in [7, 11) is 0. The molecule has 1 aromatic rings. The molecule has 3 heterocycles. The predicted octanol–water partition coefficient (Wildman–Crippen LogP) is 1.45. The van der Waals surface area contributed by atoms with E-state index < -0.39 is 5.60 Å². The Labute approximate surface area is 96.1 Å². The largest absolute Gasteiger partial charge is 0.383 e. The second kappa shape index (κ2) is 3.54. The third-order valence-electron chi connectivity index (χ3n) is 4.07. The van der Waals surface area contributed by atoms with E-state index in [1.54, 1.807) is 0 Å². The van der Waals surface area contributed by atoms with Crippen LogP contribution >= 0.6 is 0 Å².